The summed E-state index contributed by atoms with van der Waals surface area (Å²) in [5.41, 5.74) is 0. The average Bonchev–Trinajstić information content (AvgIpc) is 2.11. The molecule has 0 aliphatic heterocycles. The second kappa shape index (κ2) is 6.33. The van der Waals surface area contributed by atoms with Crippen LogP contribution in [0.3, 0.4) is 0 Å². The van der Waals surface area contributed by atoms with Gasteiger partial charge in [0.05, 0.1) is 0 Å². The molecule has 0 unspecified atom stereocenters. The summed E-state index contributed by atoms with van der Waals surface area (Å²) in [4.78, 5) is 20.9. The molecule has 6 nitrogen and oxygen atoms in total. The number of carboxylic acid groups (broad SMARTS) is 2. The lowest BCUT2D eigenvalue weighted by Crippen LogP contribution is -2.25. The van der Waals surface area contributed by atoms with E-state index in [0.717, 1.165) is 0 Å². The summed E-state index contributed by atoms with van der Waals surface area (Å²) < 4.78 is 9.60. The highest BCUT2D eigenvalue weighted by Gasteiger charge is 2.26. The Morgan fingerprint density at radius 3 is 1.79 bits per heavy atom. The van der Waals surface area contributed by atoms with Gasteiger partial charge in [-0.3, -0.25) is 9.59 Å². The molecular weight excluding hydrogens is 192 g/mol. The van der Waals surface area contributed by atoms with E-state index in [4.69, 9.17) is 19.7 Å². The van der Waals surface area contributed by atoms with Crippen LogP contribution < -0.4 is 0 Å². The molecule has 6 heteroatoms. The van der Waals surface area contributed by atoms with E-state index in [1.54, 1.807) is 0 Å². The van der Waals surface area contributed by atoms with E-state index >= 15 is 0 Å². The Morgan fingerprint density at radius 2 is 1.50 bits per heavy atom. The molecule has 0 aliphatic carbocycles. The van der Waals surface area contributed by atoms with Crippen LogP contribution in [0.25, 0.3) is 0 Å². The van der Waals surface area contributed by atoms with E-state index in [1.807, 2.05) is 0 Å². The predicted molar refractivity (Wildman–Crippen MR) is 45.8 cm³/mol. The zero-order chi connectivity index (χ0) is 11.1. The van der Waals surface area contributed by atoms with Crippen LogP contribution in [0.5, 0.6) is 0 Å². The first-order valence-electron chi connectivity index (χ1n) is 4.04. The van der Waals surface area contributed by atoms with Crippen LogP contribution in [-0.4, -0.2) is 42.7 Å². The van der Waals surface area contributed by atoms with Crippen molar-refractivity contribution in [3.63, 3.8) is 0 Å². The first-order valence-corrected chi connectivity index (χ1v) is 4.04. The monoisotopic (exact) mass is 206 g/mol. The summed E-state index contributed by atoms with van der Waals surface area (Å²) in [5, 5.41) is 17.1. The Kier molecular flexibility index (Phi) is 5.82. The minimum Gasteiger partial charge on any atom is -0.481 e. The van der Waals surface area contributed by atoms with Crippen LogP contribution in [0.2, 0.25) is 0 Å². The van der Waals surface area contributed by atoms with Crippen molar-refractivity contribution in [2.45, 2.75) is 19.1 Å². The maximum atomic E-state index is 10.5. The molecule has 0 saturated heterocycles. The SMILES string of the molecule is COC(CCC(C(=O)O)C(=O)O)OC. The summed E-state index contributed by atoms with van der Waals surface area (Å²) in [5.74, 6) is -4.09. The number of carboxylic acids is 2. The lowest BCUT2D eigenvalue weighted by Gasteiger charge is -2.14. The van der Waals surface area contributed by atoms with Crippen LogP contribution in [0, 0.1) is 5.92 Å². The molecule has 14 heavy (non-hydrogen) atoms. The number of carbonyl (C=O) groups is 2. The number of hydrogen-bond donors (Lipinski definition) is 2. The van der Waals surface area contributed by atoms with Gasteiger partial charge in [-0.2, -0.15) is 0 Å². The molecule has 0 aromatic rings. The van der Waals surface area contributed by atoms with E-state index in [2.05, 4.69) is 0 Å². The van der Waals surface area contributed by atoms with Crippen LogP contribution in [0.4, 0.5) is 0 Å². The maximum Gasteiger partial charge on any atom is 0.317 e. The molecule has 2 N–H and O–H groups in total. The molecule has 0 bridgehead atoms. The van der Waals surface area contributed by atoms with Crippen LogP contribution in [0.15, 0.2) is 0 Å². The fourth-order valence-corrected chi connectivity index (χ4v) is 0.987. The van der Waals surface area contributed by atoms with Gasteiger partial charge in [-0.25, -0.2) is 0 Å². The molecule has 0 radical (unpaired) electrons. The summed E-state index contributed by atoms with van der Waals surface area (Å²) in [6.07, 6.45) is -0.344. The van der Waals surface area contributed by atoms with Crippen molar-refractivity contribution in [3.05, 3.63) is 0 Å². The van der Waals surface area contributed by atoms with Gasteiger partial charge in [0.15, 0.2) is 12.2 Å². The predicted octanol–water partition coefficient (Wildman–Crippen LogP) is 0.171. The van der Waals surface area contributed by atoms with E-state index in [9.17, 15) is 9.59 Å². The molecule has 0 fully saturated rings. The van der Waals surface area contributed by atoms with Crippen LogP contribution >= 0.6 is 0 Å². The van der Waals surface area contributed by atoms with E-state index in [1.165, 1.54) is 14.2 Å². The van der Waals surface area contributed by atoms with Crippen molar-refractivity contribution in [1.29, 1.82) is 0 Å². The Morgan fingerprint density at radius 1 is 1.07 bits per heavy atom. The lowest BCUT2D eigenvalue weighted by molar-refractivity contribution is -0.156. The van der Waals surface area contributed by atoms with Gasteiger partial charge in [-0.05, 0) is 12.8 Å². The molecule has 0 rings (SSSR count). The Hall–Kier alpha value is -1.14. The van der Waals surface area contributed by atoms with Gasteiger partial charge in [0.2, 0.25) is 0 Å². The minimum absolute atomic E-state index is 0.0169. The number of rotatable bonds is 7. The van der Waals surface area contributed by atoms with Gasteiger partial charge in [-0.1, -0.05) is 0 Å². The van der Waals surface area contributed by atoms with Gasteiger partial charge in [0.25, 0.3) is 0 Å². The molecular formula is C8H14O6. The summed E-state index contributed by atoms with van der Waals surface area (Å²) in [6.45, 7) is 0. The fraction of sp³-hybridized carbons (Fsp3) is 0.750. The standard InChI is InChI=1S/C8H14O6/c1-13-6(14-2)4-3-5(7(9)10)8(11)12/h5-6H,3-4H2,1-2H3,(H,9,10)(H,11,12). The van der Waals surface area contributed by atoms with Crippen molar-refractivity contribution in [1.82, 2.24) is 0 Å². The molecule has 0 atom stereocenters. The summed E-state index contributed by atoms with van der Waals surface area (Å²) >= 11 is 0. The zero-order valence-corrected chi connectivity index (χ0v) is 8.10. The first kappa shape index (κ1) is 12.9. The second-order valence-corrected chi connectivity index (χ2v) is 2.71. The van der Waals surface area contributed by atoms with E-state index in [0.29, 0.717) is 0 Å². The molecule has 0 aromatic carbocycles. The van der Waals surface area contributed by atoms with E-state index < -0.39 is 24.1 Å². The summed E-state index contributed by atoms with van der Waals surface area (Å²) in [6, 6.07) is 0. The van der Waals surface area contributed by atoms with Crippen molar-refractivity contribution >= 4 is 11.9 Å². The van der Waals surface area contributed by atoms with Gasteiger partial charge in [0, 0.05) is 14.2 Å². The van der Waals surface area contributed by atoms with Crippen LogP contribution in [0.1, 0.15) is 12.8 Å². The number of ether oxygens (including phenoxy) is 2. The number of methoxy groups -OCH3 is 2. The second-order valence-electron chi connectivity index (χ2n) is 2.71. The largest absolute Gasteiger partial charge is 0.481 e. The van der Waals surface area contributed by atoms with Crippen LogP contribution in [-0.2, 0) is 19.1 Å². The van der Waals surface area contributed by atoms with Gasteiger partial charge in [0.1, 0.15) is 0 Å². The Bertz CT molecular complexity index is 184. The molecule has 0 saturated carbocycles. The normalized spacial score (nSPS) is 10.9. The molecule has 0 amide bonds. The fourth-order valence-electron chi connectivity index (χ4n) is 0.987. The van der Waals surface area contributed by atoms with Crippen molar-refractivity contribution in [2.24, 2.45) is 5.92 Å². The van der Waals surface area contributed by atoms with Gasteiger partial charge in [-0.15, -0.1) is 0 Å². The number of aliphatic carboxylic acids is 2. The van der Waals surface area contributed by atoms with Crippen molar-refractivity contribution in [2.75, 3.05) is 14.2 Å². The number of hydrogen-bond acceptors (Lipinski definition) is 4. The average molecular weight is 206 g/mol. The van der Waals surface area contributed by atoms with Gasteiger partial charge < -0.3 is 19.7 Å². The highest BCUT2D eigenvalue weighted by molar-refractivity contribution is 5.92. The summed E-state index contributed by atoms with van der Waals surface area (Å²) in [7, 11) is 2.81. The maximum absolute atomic E-state index is 10.5. The van der Waals surface area contributed by atoms with Gasteiger partial charge >= 0.3 is 11.9 Å². The molecule has 0 spiro atoms. The third-order valence-corrected chi connectivity index (χ3v) is 1.81. The first-order chi connectivity index (χ1) is 6.52. The third-order valence-electron chi connectivity index (χ3n) is 1.81. The smallest absolute Gasteiger partial charge is 0.317 e. The minimum atomic E-state index is -1.40. The highest BCUT2D eigenvalue weighted by Crippen LogP contribution is 2.11. The van der Waals surface area contributed by atoms with Crippen molar-refractivity contribution in [3.8, 4) is 0 Å². The molecule has 0 heterocycles. The lowest BCUT2D eigenvalue weighted by atomic mass is 10.0. The third kappa shape index (κ3) is 4.20. The quantitative estimate of drug-likeness (QED) is 0.455. The molecule has 0 aliphatic rings. The highest BCUT2D eigenvalue weighted by atomic mass is 16.7. The molecule has 0 aromatic heterocycles. The molecule has 82 valence electrons. The zero-order valence-electron chi connectivity index (χ0n) is 8.10. The Labute approximate surface area is 81.4 Å². The Balaban J connectivity index is 4.06. The van der Waals surface area contributed by atoms with E-state index in [-0.39, 0.29) is 12.8 Å². The topological polar surface area (TPSA) is 93.1 Å². The van der Waals surface area contributed by atoms with Crippen molar-refractivity contribution < 1.29 is 29.3 Å².